The van der Waals surface area contributed by atoms with E-state index in [1.807, 2.05) is 0 Å². The minimum Gasteiger partial charge on any atom is -0.462 e. The lowest BCUT2D eigenvalue weighted by atomic mass is 10.1. The molecule has 0 bridgehead atoms. The van der Waals surface area contributed by atoms with Crippen molar-refractivity contribution in [2.24, 2.45) is 4.99 Å². The fraction of sp³-hybridized carbons (Fsp3) is 0.333. The van der Waals surface area contributed by atoms with Crippen LogP contribution in [-0.2, 0) is 33.7 Å². The predicted molar refractivity (Wildman–Crippen MR) is 145 cm³/mol. The number of carbonyl (C=O) groups is 3. The van der Waals surface area contributed by atoms with Crippen LogP contribution in [-0.4, -0.2) is 45.4 Å². The molecule has 1 aromatic carbocycles. The molecule has 1 aliphatic carbocycles. The van der Waals surface area contributed by atoms with Crippen LogP contribution in [0.4, 0.5) is 10.7 Å². The molecular weight excluding hydrogens is 536 g/mol. The summed E-state index contributed by atoms with van der Waals surface area (Å²) < 4.78 is 7.58. The van der Waals surface area contributed by atoms with Gasteiger partial charge in [-0.25, -0.2) is 4.79 Å². The third-order valence-corrected chi connectivity index (χ3v) is 8.69. The lowest BCUT2D eigenvalue weighted by Gasteiger charge is -2.07. The quantitative estimate of drug-likeness (QED) is 0.169. The molecule has 2 heterocycles. The molecule has 2 aromatic heterocycles. The third-order valence-electron chi connectivity index (χ3n) is 5.52. The maximum atomic E-state index is 12.6. The third kappa shape index (κ3) is 6.00. The molecule has 3 aromatic rings. The molecule has 4 rings (SSSR count). The van der Waals surface area contributed by atoms with Gasteiger partial charge in [-0.2, -0.15) is 4.99 Å². The standard InChI is InChI=1S/C24H24N4O6S3/c1-3-10-27-16-9-8-14(28(32)33)11-18(16)37-24(27)26-20(30)13-35-12-19(29)25-22-21(23(31)34-4-2)15-6-5-7-17(15)36-22/h3,8-9,11H,1,4-7,10,12-13H2,2H3,(H,25,29). The average molecular weight is 561 g/mol. The lowest BCUT2D eigenvalue weighted by Crippen LogP contribution is -2.19. The smallest absolute Gasteiger partial charge is 0.341 e. The van der Waals surface area contributed by atoms with E-state index in [4.69, 9.17) is 4.74 Å². The first-order valence-corrected chi connectivity index (χ1v) is 14.3. The highest BCUT2D eigenvalue weighted by Gasteiger charge is 2.28. The van der Waals surface area contributed by atoms with Crippen molar-refractivity contribution in [1.29, 1.82) is 0 Å². The van der Waals surface area contributed by atoms with Crippen LogP contribution in [0.25, 0.3) is 10.2 Å². The number of anilines is 1. The van der Waals surface area contributed by atoms with E-state index in [-0.39, 0.29) is 29.7 Å². The van der Waals surface area contributed by atoms with Crippen molar-refractivity contribution in [2.45, 2.75) is 32.7 Å². The van der Waals surface area contributed by atoms with Crippen molar-refractivity contribution < 1.29 is 24.0 Å². The molecule has 194 valence electrons. The Balaban J connectivity index is 1.42. The van der Waals surface area contributed by atoms with E-state index in [0.717, 1.165) is 41.5 Å². The summed E-state index contributed by atoms with van der Waals surface area (Å²) in [5.41, 5.74) is 2.08. The fourth-order valence-corrected chi connectivity index (χ4v) is 6.99. The summed E-state index contributed by atoms with van der Waals surface area (Å²) in [4.78, 5) is 53.9. The monoisotopic (exact) mass is 560 g/mol. The Bertz CT molecular complexity index is 1470. The molecule has 0 radical (unpaired) electrons. The zero-order chi connectivity index (χ0) is 26.5. The average Bonchev–Trinajstić information content (AvgIpc) is 3.52. The molecule has 1 N–H and O–H groups in total. The topological polar surface area (TPSA) is 133 Å². The number of rotatable bonds is 10. The number of nitro groups is 1. The van der Waals surface area contributed by atoms with Gasteiger partial charge in [0.1, 0.15) is 5.00 Å². The van der Waals surface area contributed by atoms with Gasteiger partial charge in [-0.3, -0.25) is 19.7 Å². The molecular formula is C24H24N4O6S3. The number of thioether (sulfide) groups is 1. The van der Waals surface area contributed by atoms with Crippen molar-refractivity contribution in [3.8, 4) is 0 Å². The normalized spacial score (nSPS) is 12.9. The molecule has 0 saturated carbocycles. The number of hydrogen-bond acceptors (Lipinski definition) is 9. The van der Waals surface area contributed by atoms with E-state index in [1.54, 1.807) is 23.6 Å². The van der Waals surface area contributed by atoms with E-state index in [2.05, 4.69) is 16.9 Å². The predicted octanol–water partition coefficient (Wildman–Crippen LogP) is 4.32. The number of non-ortho nitro benzene ring substituents is 1. The summed E-state index contributed by atoms with van der Waals surface area (Å²) in [6.07, 6.45) is 4.30. The van der Waals surface area contributed by atoms with Crippen molar-refractivity contribution in [3.05, 3.63) is 61.8 Å². The minimum atomic E-state index is -0.472. The zero-order valence-electron chi connectivity index (χ0n) is 20.0. The minimum absolute atomic E-state index is 0.0113. The second-order valence-corrected chi connectivity index (χ2v) is 11.1. The van der Waals surface area contributed by atoms with Gasteiger partial charge in [-0.1, -0.05) is 17.4 Å². The number of ether oxygens (including phenoxy) is 1. The van der Waals surface area contributed by atoms with E-state index >= 15 is 0 Å². The van der Waals surface area contributed by atoms with Crippen LogP contribution in [0.3, 0.4) is 0 Å². The van der Waals surface area contributed by atoms with Gasteiger partial charge in [0.2, 0.25) is 5.91 Å². The van der Waals surface area contributed by atoms with E-state index in [9.17, 15) is 24.5 Å². The highest BCUT2D eigenvalue weighted by Crippen LogP contribution is 2.39. The Kier molecular flexibility index (Phi) is 8.56. The lowest BCUT2D eigenvalue weighted by molar-refractivity contribution is -0.384. The molecule has 37 heavy (non-hydrogen) atoms. The van der Waals surface area contributed by atoms with E-state index < -0.39 is 16.8 Å². The highest BCUT2D eigenvalue weighted by atomic mass is 32.2. The number of benzene rings is 1. The first kappa shape index (κ1) is 26.8. The number of aromatic nitrogens is 1. The molecule has 0 unspecified atom stereocenters. The summed E-state index contributed by atoms with van der Waals surface area (Å²) in [6.45, 7) is 6.10. The number of aryl methyl sites for hydroxylation is 1. The van der Waals surface area contributed by atoms with Crippen molar-refractivity contribution in [2.75, 3.05) is 23.4 Å². The van der Waals surface area contributed by atoms with Crippen LogP contribution in [0.1, 0.15) is 34.1 Å². The van der Waals surface area contributed by atoms with Gasteiger partial charge in [0.15, 0.2) is 4.80 Å². The van der Waals surface area contributed by atoms with Crippen LogP contribution in [0.15, 0.2) is 35.8 Å². The number of fused-ring (bicyclic) bond motifs is 2. The summed E-state index contributed by atoms with van der Waals surface area (Å²) in [5.74, 6) is -1.20. The van der Waals surface area contributed by atoms with Gasteiger partial charge < -0.3 is 14.6 Å². The second kappa shape index (κ2) is 11.8. The van der Waals surface area contributed by atoms with Gasteiger partial charge >= 0.3 is 5.97 Å². The Hall–Kier alpha value is -3.29. The Labute approximate surface area is 224 Å². The fourth-order valence-electron chi connectivity index (χ4n) is 4.01. The number of nitrogens with zero attached hydrogens (tertiary/aromatic N) is 3. The number of nitrogens with one attached hydrogen (secondary N) is 1. The number of thiazole rings is 1. The zero-order valence-corrected chi connectivity index (χ0v) is 22.4. The van der Waals surface area contributed by atoms with Gasteiger partial charge in [0, 0.05) is 23.6 Å². The SMILES string of the molecule is C=CCn1c(=NC(=O)CSCC(=O)Nc2sc3c(c2C(=O)OCC)CCC3)sc2cc([N+](=O)[O-])ccc21. The largest absolute Gasteiger partial charge is 0.462 e. The number of carbonyl (C=O) groups excluding carboxylic acids is 3. The molecule has 13 heteroatoms. The number of hydrogen-bond donors (Lipinski definition) is 1. The molecule has 1 aliphatic rings. The van der Waals surface area contributed by atoms with Gasteiger partial charge in [0.05, 0.1) is 38.8 Å². The van der Waals surface area contributed by atoms with Crippen molar-refractivity contribution >= 4 is 73.1 Å². The number of allylic oxidation sites excluding steroid dienone is 1. The molecule has 0 aliphatic heterocycles. The number of thiophene rings is 1. The molecule has 10 nitrogen and oxygen atoms in total. The molecule has 0 spiro atoms. The van der Waals surface area contributed by atoms with Gasteiger partial charge in [0.25, 0.3) is 11.6 Å². The summed E-state index contributed by atoms with van der Waals surface area (Å²) in [6, 6.07) is 4.48. The maximum Gasteiger partial charge on any atom is 0.341 e. The van der Waals surface area contributed by atoms with Crippen LogP contribution < -0.4 is 10.1 Å². The first-order valence-electron chi connectivity index (χ1n) is 11.5. The van der Waals surface area contributed by atoms with Gasteiger partial charge in [-0.05, 0) is 37.8 Å². The Morgan fingerprint density at radius 1 is 1.30 bits per heavy atom. The van der Waals surface area contributed by atoms with Crippen molar-refractivity contribution in [3.63, 3.8) is 0 Å². The summed E-state index contributed by atoms with van der Waals surface area (Å²) in [5, 5.41) is 14.4. The van der Waals surface area contributed by atoms with E-state index in [0.29, 0.717) is 32.1 Å². The van der Waals surface area contributed by atoms with Crippen molar-refractivity contribution in [1.82, 2.24) is 4.57 Å². The first-order chi connectivity index (χ1) is 17.8. The molecule has 0 fully saturated rings. The summed E-state index contributed by atoms with van der Waals surface area (Å²) >= 11 is 3.70. The van der Waals surface area contributed by atoms with Crippen LogP contribution >= 0.6 is 34.4 Å². The maximum absolute atomic E-state index is 12.6. The molecule has 0 atom stereocenters. The summed E-state index contributed by atoms with van der Waals surface area (Å²) in [7, 11) is 0. The number of nitro benzene ring substituents is 1. The highest BCUT2D eigenvalue weighted by molar-refractivity contribution is 8.00. The Morgan fingerprint density at radius 2 is 2.11 bits per heavy atom. The Morgan fingerprint density at radius 3 is 2.84 bits per heavy atom. The van der Waals surface area contributed by atoms with Crippen LogP contribution in [0.5, 0.6) is 0 Å². The number of amides is 2. The second-order valence-electron chi connectivity index (χ2n) is 8.02. The van der Waals surface area contributed by atoms with Crippen LogP contribution in [0.2, 0.25) is 0 Å². The van der Waals surface area contributed by atoms with E-state index in [1.165, 1.54) is 34.8 Å². The van der Waals surface area contributed by atoms with Crippen LogP contribution in [0, 0.1) is 10.1 Å². The molecule has 0 saturated heterocycles. The number of esters is 1. The molecule has 2 amide bonds. The van der Waals surface area contributed by atoms with Gasteiger partial charge in [-0.15, -0.1) is 29.7 Å².